The van der Waals surface area contributed by atoms with Crippen LogP contribution < -0.4 is 16.0 Å². The predicted molar refractivity (Wildman–Crippen MR) is 87.0 cm³/mol. The lowest BCUT2D eigenvalue weighted by molar-refractivity contribution is -0.140. The number of hydrogen-bond acceptors (Lipinski definition) is 4. The summed E-state index contributed by atoms with van der Waals surface area (Å²) in [4.78, 5) is 34.8. The molecule has 0 saturated heterocycles. The van der Waals surface area contributed by atoms with E-state index in [2.05, 4.69) is 22.9 Å². The van der Waals surface area contributed by atoms with Crippen LogP contribution in [0.2, 0.25) is 0 Å². The van der Waals surface area contributed by atoms with Crippen molar-refractivity contribution in [1.29, 1.82) is 0 Å². The molecular weight excluding hydrogens is 298 g/mol. The van der Waals surface area contributed by atoms with Crippen molar-refractivity contribution in [3.63, 3.8) is 0 Å². The summed E-state index contributed by atoms with van der Waals surface area (Å²) in [5.41, 5.74) is 0. The molecule has 7 nitrogen and oxygen atoms in total. The molecule has 0 spiro atoms. The van der Waals surface area contributed by atoms with Crippen molar-refractivity contribution >= 4 is 17.9 Å². The summed E-state index contributed by atoms with van der Waals surface area (Å²) in [6.07, 6.45) is 4.95. The van der Waals surface area contributed by atoms with Gasteiger partial charge in [0.1, 0.15) is 6.04 Å². The Morgan fingerprint density at radius 1 is 1.22 bits per heavy atom. The highest BCUT2D eigenvalue weighted by molar-refractivity contribution is 5.95. The van der Waals surface area contributed by atoms with E-state index in [1.54, 1.807) is 6.92 Å². The molecule has 23 heavy (non-hydrogen) atoms. The van der Waals surface area contributed by atoms with E-state index in [-0.39, 0.29) is 18.5 Å². The summed E-state index contributed by atoms with van der Waals surface area (Å²) < 4.78 is 0. The molecule has 1 saturated carbocycles. The van der Waals surface area contributed by atoms with E-state index in [1.165, 1.54) is 6.42 Å². The number of urea groups is 1. The van der Waals surface area contributed by atoms with E-state index in [9.17, 15) is 14.4 Å². The number of rotatable bonds is 7. The second-order valence-corrected chi connectivity index (χ2v) is 6.47. The van der Waals surface area contributed by atoms with Gasteiger partial charge in [-0.25, -0.2) is 4.79 Å². The number of amides is 3. The fourth-order valence-electron chi connectivity index (χ4n) is 2.88. The first-order valence-electron chi connectivity index (χ1n) is 8.41. The van der Waals surface area contributed by atoms with Gasteiger partial charge in [-0.2, -0.15) is 0 Å². The van der Waals surface area contributed by atoms with Crippen LogP contribution in [0.3, 0.4) is 0 Å². The monoisotopic (exact) mass is 327 g/mol. The van der Waals surface area contributed by atoms with Crippen molar-refractivity contribution in [3.05, 3.63) is 0 Å². The predicted octanol–water partition coefficient (Wildman–Crippen LogP) is 1.48. The normalized spacial score (nSPS) is 23.6. The first-order chi connectivity index (χ1) is 10.8. The van der Waals surface area contributed by atoms with Crippen LogP contribution in [0.4, 0.5) is 4.79 Å². The van der Waals surface area contributed by atoms with E-state index in [1.807, 2.05) is 6.92 Å². The molecule has 0 aliphatic heterocycles. The van der Waals surface area contributed by atoms with Gasteiger partial charge >= 0.3 is 12.0 Å². The Bertz CT molecular complexity index is 428. The van der Waals surface area contributed by atoms with Gasteiger partial charge in [0.2, 0.25) is 5.91 Å². The van der Waals surface area contributed by atoms with Crippen molar-refractivity contribution in [2.24, 2.45) is 11.8 Å². The Labute approximate surface area is 137 Å². The zero-order valence-electron chi connectivity index (χ0n) is 14.2. The van der Waals surface area contributed by atoms with Crippen LogP contribution in [0.15, 0.2) is 0 Å². The van der Waals surface area contributed by atoms with Crippen molar-refractivity contribution < 1.29 is 19.5 Å². The zero-order valence-corrected chi connectivity index (χ0v) is 14.2. The van der Waals surface area contributed by atoms with Gasteiger partial charge in [-0.15, -0.1) is 0 Å². The molecule has 7 heteroatoms. The summed E-state index contributed by atoms with van der Waals surface area (Å²) >= 11 is 0. The molecule has 0 aromatic heterocycles. The van der Waals surface area contributed by atoms with Gasteiger partial charge in [-0.05, 0) is 24.7 Å². The fourth-order valence-corrected chi connectivity index (χ4v) is 2.88. The number of imide groups is 1. The standard InChI is InChI=1S/C16H29N3O4/c1-4-10(2)14(15(21)22)17-9-13(20)19-16(23)18-12-8-6-5-7-11(12)3/h10-12,14,17H,4-9H2,1-3H3,(H,21,22)(H2,18,19,20,23)/t10-,11?,12?,14-/m0/s1. The van der Waals surface area contributed by atoms with E-state index < -0.39 is 23.9 Å². The molecule has 1 fully saturated rings. The minimum atomic E-state index is -0.993. The summed E-state index contributed by atoms with van der Waals surface area (Å²) in [6, 6.07) is -1.21. The largest absolute Gasteiger partial charge is 0.480 e. The highest BCUT2D eigenvalue weighted by Crippen LogP contribution is 2.23. The number of carboxylic acid groups (broad SMARTS) is 1. The summed E-state index contributed by atoms with van der Waals surface area (Å²) in [5.74, 6) is -1.21. The number of carbonyl (C=O) groups excluding carboxylic acids is 2. The van der Waals surface area contributed by atoms with Crippen LogP contribution in [0.25, 0.3) is 0 Å². The van der Waals surface area contributed by atoms with Crippen LogP contribution in [0.5, 0.6) is 0 Å². The Kier molecular flexibility index (Phi) is 8.02. The molecule has 0 aromatic carbocycles. The van der Waals surface area contributed by atoms with Crippen LogP contribution in [-0.4, -0.2) is 41.6 Å². The minimum Gasteiger partial charge on any atom is -0.480 e. The molecule has 1 aliphatic rings. The first kappa shape index (κ1) is 19.4. The first-order valence-corrected chi connectivity index (χ1v) is 8.41. The van der Waals surface area contributed by atoms with Gasteiger partial charge in [0, 0.05) is 6.04 Å². The van der Waals surface area contributed by atoms with Crippen LogP contribution in [0.1, 0.15) is 52.9 Å². The average molecular weight is 327 g/mol. The molecule has 132 valence electrons. The summed E-state index contributed by atoms with van der Waals surface area (Å²) in [7, 11) is 0. The van der Waals surface area contributed by atoms with Gasteiger partial charge < -0.3 is 10.4 Å². The third kappa shape index (κ3) is 6.56. The van der Waals surface area contributed by atoms with Gasteiger partial charge in [-0.1, -0.05) is 40.0 Å². The topological polar surface area (TPSA) is 108 Å². The lowest BCUT2D eigenvalue weighted by atomic mass is 9.86. The van der Waals surface area contributed by atoms with E-state index >= 15 is 0 Å². The third-order valence-corrected chi connectivity index (χ3v) is 4.64. The van der Waals surface area contributed by atoms with Crippen molar-refractivity contribution in [2.75, 3.05) is 6.54 Å². The molecule has 0 aromatic rings. The molecule has 4 atom stereocenters. The quantitative estimate of drug-likeness (QED) is 0.566. The lowest BCUT2D eigenvalue weighted by Crippen LogP contribution is -2.51. The van der Waals surface area contributed by atoms with Gasteiger partial charge in [0.05, 0.1) is 6.54 Å². The highest BCUT2D eigenvalue weighted by Gasteiger charge is 2.25. The smallest absolute Gasteiger partial charge is 0.321 e. The maximum atomic E-state index is 11.8. The Balaban J connectivity index is 2.37. The lowest BCUT2D eigenvalue weighted by Gasteiger charge is -2.29. The minimum absolute atomic E-state index is 0.0939. The van der Waals surface area contributed by atoms with Crippen LogP contribution in [-0.2, 0) is 9.59 Å². The number of nitrogens with one attached hydrogen (secondary N) is 3. The second-order valence-electron chi connectivity index (χ2n) is 6.47. The number of carbonyl (C=O) groups is 3. The summed E-state index contributed by atoms with van der Waals surface area (Å²) in [5, 5.41) is 16.9. The molecule has 1 aliphatic carbocycles. The molecule has 0 heterocycles. The average Bonchev–Trinajstić information content (AvgIpc) is 2.49. The molecule has 4 N–H and O–H groups in total. The summed E-state index contributed by atoms with van der Waals surface area (Å²) in [6.45, 7) is 5.59. The molecule has 0 radical (unpaired) electrons. The SMILES string of the molecule is CC[C@H](C)[C@H](NCC(=O)NC(=O)NC1CCCCC1C)C(=O)O. The van der Waals surface area contributed by atoms with Gasteiger partial charge in [-0.3, -0.25) is 20.2 Å². The molecule has 0 bridgehead atoms. The van der Waals surface area contributed by atoms with Gasteiger partial charge in [0.15, 0.2) is 0 Å². The maximum absolute atomic E-state index is 11.8. The number of hydrogen-bond donors (Lipinski definition) is 4. The van der Waals surface area contributed by atoms with Crippen LogP contribution in [0, 0.1) is 11.8 Å². The van der Waals surface area contributed by atoms with Crippen LogP contribution >= 0.6 is 0 Å². The van der Waals surface area contributed by atoms with E-state index in [0.29, 0.717) is 12.3 Å². The van der Waals surface area contributed by atoms with E-state index in [4.69, 9.17) is 5.11 Å². The Morgan fingerprint density at radius 3 is 2.43 bits per heavy atom. The van der Waals surface area contributed by atoms with Crippen molar-refractivity contribution in [3.8, 4) is 0 Å². The molecule has 3 amide bonds. The Hall–Kier alpha value is -1.63. The molecule has 2 unspecified atom stereocenters. The second kappa shape index (κ2) is 9.50. The number of aliphatic carboxylic acids is 1. The third-order valence-electron chi connectivity index (χ3n) is 4.64. The van der Waals surface area contributed by atoms with Gasteiger partial charge in [0.25, 0.3) is 0 Å². The van der Waals surface area contributed by atoms with Crippen molar-refractivity contribution in [2.45, 2.75) is 65.0 Å². The fraction of sp³-hybridized carbons (Fsp3) is 0.812. The van der Waals surface area contributed by atoms with Crippen molar-refractivity contribution in [1.82, 2.24) is 16.0 Å². The Morgan fingerprint density at radius 2 is 1.87 bits per heavy atom. The molecular formula is C16H29N3O4. The highest BCUT2D eigenvalue weighted by atomic mass is 16.4. The number of carboxylic acids is 1. The maximum Gasteiger partial charge on any atom is 0.321 e. The molecule has 1 rings (SSSR count). The van der Waals surface area contributed by atoms with E-state index in [0.717, 1.165) is 19.3 Å². The zero-order chi connectivity index (χ0) is 17.4.